The monoisotopic (exact) mass is 269 g/mol. The van der Waals surface area contributed by atoms with Crippen LogP contribution in [0.2, 0.25) is 0 Å². The van der Waals surface area contributed by atoms with E-state index in [1.54, 1.807) is 0 Å². The van der Waals surface area contributed by atoms with E-state index in [9.17, 15) is 4.79 Å². The van der Waals surface area contributed by atoms with Crippen LogP contribution in [0.1, 0.15) is 52.4 Å². The van der Waals surface area contributed by atoms with Gasteiger partial charge < -0.3 is 16.0 Å². The molecule has 19 heavy (non-hydrogen) atoms. The van der Waals surface area contributed by atoms with Gasteiger partial charge in [-0.3, -0.25) is 4.79 Å². The topological polar surface area (TPSA) is 58.4 Å². The lowest BCUT2D eigenvalue weighted by atomic mass is 9.85. The first kappa shape index (κ1) is 16.4. The standard InChI is InChI=1S/C15H31N3O/c1-4-10-17-13(15(16)19)9-11-18(3)14-8-6-5-7-12(14)2/h12-14,17H,4-11H2,1-3H3,(H2,16,19). The van der Waals surface area contributed by atoms with Crippen LogP contribution in [-0.2, 0) is 4.79 Å². The van der Waals surface area contributed by atoms with E-state index in [0.29, 0.717) is 6.04 Å². The summed E-state index contributed by atoms with van der Waals surface area (Å²) in [5.74, 6) is 0.549. The fourth-order valence-corrected chi connectivity index (χ4v) is 3.11. The molecule has 0 saturated heterocycles. The number of nitrogens with one attached hydrogen (secondary N) is 1. The fraction of sp³-hybridized carbons (Fsp3) is 0.933. The minimum atomic E-state index is -0.224. The number of rotatable bonds is 8. The van der Waals surface area contributed by atoms with Crippen molar-refractivity contribution in [3.05, 3.63) is 0 Å². The zero-order valence-corrected chi connectivity index (χ0v) is 12.8. The number of nitrogens with zero attached hydrogens (tertiary/aromatic N) is 1. The minimum absolute atomic E-state index is 0.179. The first-order valence-electron chi connectivity index (χ1n) is 7.79. The molecular formula is C15H31N3O. The van der Waals surface area contributed by atoms with Crippen LogP contribution in [0.3, 0.4) is 0 Å². The Kier molecular flexibility index (Phi) is 7.39. The van der Waals surface area contributed by atoms with E-state index in [1.807, 2.05) is 0 Å². The van der Waals surface area contributed by atoms with E-state index in [2.05, 4.69) is 31.1 Å². The summed E-state index contributed by atoms with van der Waals surface area (Å²) in [5, 5.41) is 3.24. The van der Waals surface area contributed by atoms with E-state index in [-0.39, 0.29) is 11.9 Å². The van der Waals surface area contributed by atoms with Gasteiger partial charge in [-0.2, -0.15) is 0 Å². The van der Waals surface area contributed by atoms with Gasteiger partial charge in [0.1, 0.15) is 0 Å². The molecule has 1 saturated carbocycles. The van der Waals surface area contributed by atoms with Crippen LogP contribution in [0.4, 0.5) is 0 Å². The molecule has 112 valence electrons. The van der Waals surface area contributed by atoms with Gasteiger partial charge in [0.25, 0.3) is 0 Å². The van der Waals surface area contributed by atoms with Crippen LogP contribution in [0.15, 0.2) is 0 Å². The Morgan fingerprint density at radius 2 is 2.11 bits per heavy atom. The first-order valence-corrected chi connectivity index (χ1v) is 7.79. The third-order valence-corrected chi connectivity index (χ3v) is 4.39. The molecule has 0 aliphatic heterocycles. The van der Waals surface area contributed by atoms with Gasteiger partial charge in [0.15, 0.2) is 0 Å². The normalized spacial score (nSPS) is 25.5. The molecule has 0 radical (unpaired) electrons. The van der Waals surface area contributed by atoms with E-state index >= 15 is 0 Å². The van der Waals surface area contributed by atoms with Crippen molar-refractivity contribution in [3.8, 4) is 0 Å². The second-order valence-corrected chi connectivity index (χ2v) is 6.01. The summed E-state index contributed by atoms with van der Waals surface area (Å²) >= 11 is 0. The Bertz CT molecular complexity index is 270. The average Bonchev–Trinajstić information content (AvgIpc) is 2.38. The molecule has 3 atom stereocenters. The van der Waals surface area contributed by atoms with Crippen molar-refractivity contribution in [2.75, 3.05) is 20.1 Å². The molecular weight excluding hydrogens is 238 g/mol. The maximum atomic E-state index is 11.4. The van der Waals surface area contributed by atoms with Gasteiger partial charge >= 0.3 is 0 Å². The molecule has 3 N–H and O–H groups in total. The number of hydrogen-bond donors (Lipinski definition) is 2. The SMILES string of the molecule is CCCNC(CCN(C)C1CCCCC1C)C(N)=O. The summed E-state index contributed by atoms with van der Waals surface area (Å²) in [6.07, 6.45) is 7.18. The molecule has 1 aliphatic carbocycles. The highest BCUT2D eigenvalue weighted by molar-refractivity contribution is 5.79. The van der Waals surface area contributed by atoms with Crippen molar-refractivity contribution < 1.29 is 4.79 Å². The molecule has 1 aliphatic rings. The van der Waals surface area contributed by atoms with Crippen molar-refractivity contribution in [2.45, 2.75) is 64.5 Å². The summed E-state index contributed by atoms with van der Waals surface area (Å²) in [6, 6.07) is 0.495. The Balaban J connectivity index is 2.37. The molecule has 4 heteroatoms. The quantitative estimate of drug-likeness (QED) is 0.705. The number of carbonyl (C=O) groups excluding carboxylic acids is 1. The Morgan fingerprint density at radius 1 is 1.42 bits per heavy atom. The Labute approximate surface area is 118 Å². The van der Waals surface area contributed by atoms with Crippen LogP contribution < -0.4 is 11.1 Å². The second kappa shape index (κ2) is 8.54. The van der Waals surface area contributed by atoms with Crippen LogP contribution in [0.25, 0.3) is 0 Å². The Morgan fingerprint density at radius 3 is 2.68 bits per heavy atom. The fourth-order valence-electron chi connectivity index (χ4n) is 3.11. The van der Waals surface area contributed by atoms with Crippen LogP contribution in [-0.4, -0.2) is 43.0 Å². The summed E-state index contributed by atoms with van der Waals surface area (Å²) in [7, 11) is 2.18. The van der Waals surface area contributed by atoms with Crippen molar-refractivity contribution in [2.24, 2.45) is 11.7 Å². The van der Waals surface area contributed by atoms with Crippen molar-refractivity contribution in [1.82, 2.24) is 10.2 Å². The van der Waals surface area contributed by atoms with Gasteiger partial charge in [-0.1, -0.05) is 26.7 Å². The lowest BCUT2D eigenvalue weighted by molar-refractivity contribution is -0.120. The van der Waals surface area contributed by atoms with Crippen LogP contribution >= 0.6 is 0 Å². The van der Waals surface area contributed by atoms with Gasteiger partial charge in [-0.15, -0.1) is 0 Å². The van der Waals surface area contributed by atoms with Crippen molar-refractivity contribution in [3.63, 3.8) is 0 Å². The number of nitrogens with two attached hydrogens (primary N) is 1. The molecule has 1 rings (SSSR count). The number of carbonyl (C=O) groups is 1. The molecule has 1 amide bonds. The van der Waals surface area contributed by atoms with E-state index < -0.39 is 0 Å². The maximum absolute atomic E-state index is 11.4. The molecule has 0 spiro atoms. The molecule has 4 nitrogen and oxygen atoms in total. The van der Waals surface area contributed by atoms with Gasteiger partial charge in [0, 0.05) is 12.6 Å². The van der Waals surface area contributed by atoms with Gasteiger partial charge in [-0.05, 0) is 45.2 Å². The summed E-state index contributed by atoms with van der Waals surface area (Å²) in [6.45, 7) is 6.25. The molecule has 1 fully saturated rings. The zero-order valence-electron chi connectivity index (χ0n) is 12.8. The third kappa shape index (κ3) is 5.49. The van der Waals surface area contributed by atoms with Crippen molar-refractivity contribution in [1.29, 1.82) is 0 Å². The van der Waals surface area contributed by atoms with E-state index in [0.717, 1.165) is 31.8 Å². The second-order valence-electron chi connectivity index (χ2n) is 6.01. The number of amides is 1. The highest BCUT2D eigenvalue weighted by atomic mass is 16.1. The van der Waals surface area contributed by atoms with Crippen LogP contribution in [0, 0.1) is 5.92 Å². The lowest BCUT2D eigenvalue weighted by Gasteiger charge is -2.36. The number of primary amides is 1. The van der Waals surface area contributed by atoms with E-state index in [4.69, 9.17) is 5.73 Å². The average molecular weight is 269 g/mol. The summed E-state index contributed by atoms with van der Waals surface area (Å²) < 4.78 is 0. The predicted molar refractivity (Wildman–Crippen MR) is 79.9 cm³/mol. The summed E-state index contributed by atoms with van der Waals surface area (Å²) in [5.41, 5.74) is 5.45. The molecule has 0 bridgehead atoms. The highest BCUT2D eigenvalue weighted by Gasteiger charge is 2.25. The first-order chi connectivity index (χ1) is 9.06. The minimum Gasteiger partial charge on any atom is -0.368 e. The highest BCUT2D eigenvalue weighted by Crippen LogP contribution is 2.27. The molecule has 0 aromatic heterocycles. The molecule has 3 unspecified atom stereocenters. The number of hydrogen-bond acceptors (Lipinski definition) is 3. The van der Waals surface area contributed by atoms with E-state index in [1.165, 1.54) is 25.7 Å². The molecule has 0 aromatic carbocycles. The zero-order chi connectivity index (χ0) is 14.3. The smallest absolute Gasteiger partial charge is 0.234 e. The summed E-state index contributed by atoms with van der Waals surface area (Å²) in [4.78, 5) is 13.8. The van der Waals surface area contributed by atoms with Gasteiger partial charge in [-0.25, -0.2) is 0 Å². The van der Waals surface area contributed by atoms with Gasteiger partial charge in [0.2, 0.25) is 5.91 Å². The van der Waals surface area contributed by atoms with Gasteiger partial charge in [0.05, 0.1) is 6.04 Å². The largest absolute Gasteiger partial charge is 0.368 e. The maximum Gasteiger partial charge on any atom is 0.234 e. The van der Waals surface area contributed by atoms with Crippen LogP contribution in [0.5, 0.6) is 0 Å². The lowest BCUT2D eigenvalue weighted by Crippen LogP contribution is -2.46. The molecule has 0 aromatic rings. The van der Waals surface area contributed by atoms with Crippen molar-refractivity contribution >= 4 is 5.91 Å². The predicted octanol–water partition coefficient (Wildman–Crippen LogP) is 1.74. The third-order valence-electron chi connectivity index (χ3n) is 4.39. The molecule has 0 heterocycles. The Hall–Kier alpha value is -0.610.